The van der Waals surface area contributed by atoms with E-state index in [-0.39, 0.29) is 5.56 Å². The van der Waals surface area contributed by atoms with E-state index in [0.717, 1.165) is 11.3 Å². The van der Waals surface area contributed by atoms with Crippen molar-refractivity contribution >= 4 is 11.0 Å². The Kier molecular flexibility index (Phi) is 3.03. The van der Waals surface area contributed by atoms with Crippen LogP contribution in [0.25, 0.3) is 22.4 Å². The molecule has 1 aromatic carbocycles. The Balaban J connectivity index is 2.23. The Labute approximate surface area is 120 Å². The highest BCUT2D eigenvalue weighted by atomic mass is 16.1. The number of H-pyrrole nitrogens is 1. The second-order valence-electron chi connectivity index (χ2n) is 4.73. The van der Waals surface area contributed by atoms with Gasteiger partial charge >= 0.3 is 0 Å². The third-order valence-electron chi connectivity index (χ3n) is 3.39. The minimum absolute atomic E-state index is 0.190. The number of nitriles is 1. The number of fused-ring (bicyclic) bond motifs is 1. The molecule has 0 amide bonds. The summed E-state index contributed by atoms with van der Waals surface area (Å²) in [6.07, 6.45) is 0.679. The number of nitrogens with zero attached hydrogens (tertiary/aromatic N) is 4. The van der Waals surface area contributed by atoms with Gasteiger partial charge in [-0.2, -0.15) is 10.4 Å². The van der Waals surface area contributed by atoms with Gasteiger partial charge in [-0.25, -0.2) is 9.67 Å². The van der Waals surface area contributed by atoms with Crippen LogP contribution >= 0.6 is 0 Å². The molecule has 1 N–H and O–H groups in total. The third kappa shape index (κ3) is 2.09. The van der Waals surface area contributed by atoms with E-state index in [4.69, 9.17) is 5.26 Å². The number of aromatic amines is 1. The molecular weight excluding hydrogens is 266 g/mol. The first-order valence-corrected chi connectivity index (χ1v) is 6.60. The van der Waals surface area contributed by atoms with Gasteiger partial charge in [0.2, 0.25) is 0 Å². The van der Waals surface area contributed by atoms with Crippen LogP contribution in [0.4, 0.5) is 0 Å². The van der Waals surface area contributed by atoms with Crippen molar-refractivity contribution in [1.29, 1.82) is 5.26 Å². The first-order chi connectivity index (χ1) is 10.1. The lowest BCUT2D eigenvalue weighted by molar-refractivity contribution is 0.761. The molecule has 0 bridgehead atoms. The minimum Gasteiger partial charge on any atom is -0.306 e. The number of nitrogens with one attached hydrogen (secondary N) is 1. The molecular formula is C15H13N5O. The summed E-state index contributed by atoms with van der Waals surface area (Å²) >= 11 is 0. The van der Waals surface area contributed by atoms with Gasteiger partial charge in [0, 0.05) is 12.6 Å². The zero-order chi connectivity index (χ0) is 15.0. The van der Waals surface area contributed by atoms with Crippen LogP contribution in [0.5, 0.6) is 0 Å². The first-order valence-electron chi connectivity index (χ1n) is 6.60. The lowest BCUT2D eigenvalue weighted by Crippen LogP contribution is -2.10. The molecule has 0 atom stereocenters. The minimum atomic E-state index is -0.190. The van der Waals surface area contributed by atoms with Crippen molar-refractivity contribution < 1.29 is 0 Å². The number of hydrogen-bond acceptors (Lipinski definition) is 4. The third-order valence-corrected chi connectivity index (χ3v) is 3.39. The zero-order valence-electron chi connectivity index (χ0n) is 11.7. The van der Waals surface area contributed by atoms with Gasteiger partial charge in [-0.1, -0.05) is 6.92 Å². The molecule has 104 valence electrons. The summed E-state index contributed by atoms with van der Waals surface area (Å²) in [7, 11) is 1.77. The predicted molar refractivity (Wildman–Crippen MR) is 78.7 cm³/mol. The molecule has 0 saturated carbocycles. The standard InChI is InChI=1S/C15H13N5O/c1-3-11-12-14(20(2)19-11)17-13(18-15(12)21)10-6-4-9(8-16)5-7-10/h4-7H,3H2,1-2H3,(H,17,18,21). The molecule has 0 aliphatic rings. The Bertz CT molecular complexity index is 912. The molecule has 3 rings (SSSR count). The monoisotopic (exact) mass is 279 g/mol. The summed E-state index contributed by atoms with van der Waals surface area (Å²) in [4.78, 5) is 19.6. The van der Waals surface area contributed by atoms with E-state index in [1.807, 2.05) is 6.92 Å². The predicted octanol–water partition coefficient (Wildman–Crippen LogP) is 1.76. The van der Waals surface area contributed by atoms with Gasteiger partial charge in [-0.3, -0.25) is 4.79 Å². The Morgan fingerprint density at radius 2 is 2.05 bits per heavy atom. The van der Waals surface area contributed by atoms with Gasteiger partial charge in [0.25, 0.3) is 5.56 Å². The quantitative estimate of drug-likeness (QED) is 0.774. The number of aromatic nitrogens is 4. The Morgan fingerprint density at radius 3 is 2.67 bits per heavy atom. The van der Waals surface area contributed by atoms with Crippen molar-refractivity contribution in [3.63, 3.8) is 0 Å². The van der Waals surface area contributed by atoms with E-state index in [2.05, 4.69) is 21.1 Å². The van der Waals surface area contributed by atoms with Crippen LogP contribution in [0.2, 0.25) is 0 Å². The maximum absolute atomic E-state index is 12.3. The largest absolute Gasteiger partial charge is 0.306 e. The number of aryl methyl sites for hydroxylation is 2. The first kappa shape index (κ1) is 13.1. The number of rotatable bonds is 2. The van der Waals surface area contributed by atoms with Crippen molar-refractivity contribution in [3.8, 4) is 17.5 Å². The Hall–Kier alpha value is -2.94. The molecule has 2 aromatic heterocycles. The smallest absolute Gasteiger partial charge is 0.262 e. The van der Waals surface area contributed by atoms with Crippen molar-refractivity contribution in [3.05, 3.63) is 45.9 Å². The van der Waals surface area contributed by atoms with Crippen LogP contribution in [0.3, 0.4) is 0 Å². The molecule has 6 nitrogen and oxygen atoms in total. The number of benzene rings is 1. The molecule has 2 heterocycles. The highest BCUT2D eigenvalue weighted by Gasteiger charge is 2.14. The van der Waals surface area contributed by atoms with E-state index in [1.165, 1.54) is 0 Å². The van der Waals surface area contributed by atoms with Gasteiger partial charge < -0.3 is 4.98 Å². The van der Waals surface area contributed by atoms with Gasteiger partial charge in [-0.05, 0) is 30.7 Å². The van der Waals surface area contributed by atoms with Crippen LogP contribution < -0.4 is 5.56 Å². The summed E-state index contributed by atoms with van der Waals surface area (Å²) in [6.45, 7) is 1.95. The summed E-state index contributed by atoms with van der Waals surface area (Å²) in [5.74, 6) is 0.475. The lowest BCUT2D eigenvalue weighted by atomic mass is 10.1. The molecule has 0 unspecified atom stereocenters. The molecule has 0 saturated heterocycles. The van der Waals surface area contributed by atoms with Gasteiger partial charge in [-0.15, -0.1) is 0 Å². The van der Waals surface area contributed by atoms with Crippen LogP contribution in [0, 0.1) is 11.3 Å². The maximum atomic E-state index is 12.3. The van der Waals surface area contributed by atoms with Crippen molar-refractivity contribution in [2.24, 2.45) is 7.05 Å². The van der Waals surface area contributed by atoms with E-state index in [9.17, 15) is 4.79 Å². The molecule has 21 heavy (non-hydrogen) atoms. The lowest BCUT2D eigenvalue weighted by Gasteiger charge is -2.02. The van der Waals surface area contributed by atoms with E-state index >= 15 is 0 Å². The fourth-order valence-electron chi connectivity index (χ4n) is 2.32. The summed E-state index contributed by atoms with van der Waals surface area (Å²) in [5.41, 5.74) is 2.44. The van der Waals surface area contributed by atoms with Crippen LogP contribution in [0.15, 0.2) is 29.1 Å². The summed E-state index contributed by atoms with van der Waals surface area (Å²) in [5, 5.41) is 13.7. The van der Waals surface area contributed by atoms with Crippen molar-refractivity contribution in [1.82, 2.24) is 19.7 Å². The molecule has 0 spiro atoms. The fourth-order valence-corrected chi connectivity index (χ4v) is 2.32. The van der Waals surface area contributed by atoms with E-state index in [0.29, 0.717) is 28.8 Å². The topological polar surface area (TPSA) is 87.4 Å². The fraction of sp³-hybridized carbons (Fsp3) is 0.200. The summed E-state index contributed by atoms with van der Waals surface area (Å²) in [6, 6.07) is 8.98. The molecule has 3 aromatic rings. The highest BCUT2D eigenvalue weighted by molar-refractivity contribution is 5.79. The second-order valence-corrected chi connectivity index (χ2v) is 4.73. The average Bonchev–Trinajstić information content (AvgIpc) is 2.84. The zero-order valence-corrected chi connectivity index (χ0v) is 11.7. The molecule has 0 fully saturated rings. The van der Waals surface area contributed by atoms with Crippen LogP contribution in [-0.4, -0.2) is 19.7 Å². The van der Waals surface area contributed by atoms with E-state index in [1.54, 1.807) is 36.0 Å². The highest BCUT2D eigenvalue weighted by Crippen LogP contribution is 2.18. The average molecular weight is 279 g/mol. The van der Waals surface area contributed by atoms with Gasteiger partial charge in [0.05, 0.1) is 17.3 Å². The van der Waals surface area contributed by atoms with E-state index < -0.39 is 0 Å². The molecule has 6 heteroatoms. The van der Waals surface area contributed by atoms with Crippen LogP contribution in [-0.2, 0) is 13.5 Å². The molecule has 0 aliphatic heterocycles. The molecule has 0 radical (unpaired) electrons. The van der Waals surface area contributed by atoms with Gasteiger partial charge in [0.15, 0.2) is 5.65 Å². The van der Waals surface area contributed by atoms with Gasteiger partial charge in [0.1, 0.15) is 11.2 Å². The second kappa shape index (κ2) is 4.87. The SMILES string of the molecule is CCc1nn(C)c2nc(-c3ccc(C#N)cc3)[nH]c(=O)c12. The Morgan fingerprint density at radius 1 is 1.33 bits per heavy atom. The van der Waals surface area contributed by atoms with Crippen LogP contribution in [0.1, 0.15) is 18.2 Å². The molecule has 0 aliphatic carbocycles. The van der Waals surface area contributed by atoms with Crippen molar-refractivity contribution in [2.75, 3.05) is 0 Å². The maximum Gasteiger partial charge on any atom is 0.262 e. The van der Waals surface area contributed by atoms with Crippen molar-refractivity contribution in [2.45, 2.75) is 13.3 Å². The normalized spacial score (nSPS) is 10.7. The number of hydrogen-bond donors (Lipinski definition) is 1. The summed E-state index contributed by atoms with van der Waals surface area (Å²) < 4.78 is 1.62.